The van der Waals surface area contributed by atoms with Crippen molar-refractivity contribution in [2.75, 3.05) is 6.61 Å². The molecule has 2 N–H and O–H groups in total. The minimum atomic E-state index is -4.40. The number of ether oxygens (including phenoxy) is 1. The molecule has 31 heavy (non-hydrogen) atoms. The van der Waals surface area contributed by atoms with Gasteiger partial charge in [-0.25, -0.2) is 9.48 Å². The zero-order valence-corrected chi connectivity index (χ0v) is 17.2. The van der Waals surface area contributed by atoms with Crippen LogP contribution in [0.4, 0.5) is 18.0 Å². The van der Waals surface area contributed by atoms with E-state index in [4.69, 9.17) is 4.74 Å². The Hall–Kier alpha value is -3.49. The highest BCUT2D eigenvalue weighted by atomic mass is 19.4. The highest BCUT2D eigenvalue weighted by molar-refractivity contribution is 5.73. The molecule has 0 aliphatic heterocycles. The molecule has 0 bridgehead atoms. The Morgan fingerprint density at radius 3 is 2.45 bits per heavy atom. The number of para-hydroxylation sites is 1. The van der Waals surface area contributed by atoms with Gasteiger partial charge in [0.05, 0.1) is 11.4 Å². The van der Waals surface area contributed by atoms with Crippen molar-refractivity contribution in [1.29, 1.82) is 0 Å². The maximum absolute atomic E-state index is 12.3. The third-order valence-electron chi connectivity index (χ3n) is 4.62. The van der Waals surface area contributed by atoms with Crippen LogP contribution in [0.25, 0.3) is 5.69 Å². The van der Waals surface area contributed by atoms with Crippen LogP contribution in [0, 0.1) is 13.8 Å². The number of nitrogens with zero attached hydrogens (tertiary/aromatic N) is 2. The van der Waals surface area contributed by atoms with Gasteiger partial charge in [-0.15, -0.1) is 0 Å². The molecule has 3 rings (SSSR count). The van der Waals surface area contributed by atoms with Crippen molar-refractivity contribution < 1.29 is 22.7 Å². The SMILES string of the molecule is Cc1nn(-c2ccccc2)c(C)c1CNC(=O)NCc1cccc(OCC(F)(F)F)c1. The van der Waals surface area contributed by atoms with E-state index in [2.05, 4.69) is 15.7 Å². The van der Waals surface area contributed by atoms with Crippen LogP contribution in [0.1, 0.15) is 22.5 Å². The van der Waals surface area contributed by atoms with Crippen molar-refractivity contribution in [1.82, 2.24) is 20.4 Å². The summed E-state index contributed by atoms with van der Waals surface area (Å²) in [4.78, 5) is 12.2. The molecule has 0 radical (unpaired) electrons. The molecular formula is C22H23F3N4O2. The highest BCUT2D eigenvalue weighted by Gasteiger charge is 2.28. The minimum Gasteiger partial charge on any atom is -0.484 e. The van der Waals surface area contributed by atoms with Crippen molar-refractivity contribution in [2.45, 2.75) is 33.1 Å². The second-order valence-corrected chi connectivity index (χ2v) is 6.98. The van der Waals surface area contributed by atoms with E-state index in [1.807, 2.05) is 48.9 Å². The molecule has 0 saturated carbocycles. The minimum absolute atomic E-state index is 0.0941. The summed E-state index contributed by atoms with van der Waals surface area (Å²) in [5.41, 5.74) is 4.22. The van der Waals surface area contributed by atoms with E-state index < -0.39 is 18.8 Å². The third kappa shape index (κ3) is 6.24. The number of aromatic nitrogens is 2. The van der Waals surface area contributed by atoms with Gasteiger partial charge in [0.15, 0.2) is 6.61 Å². The standard InChI is InChI=1S/C22H23F3N4O2/c1-15-20(16(2)29(28-15)18-8-4-3-5-9-18)13-27-21(30)26-12-17-7-6-10-19(11-17)31-14-22(23,24)25/h3-11H,12-14H2,1-2H3,(H2,26,27,30). The van der Waals surface area contributed by atoms with Crippen LogP contribution in [0.15, 0.2) is 54.6 Å². The number of hydrogen-bond donors (Lipinski definition) is 2. The number of alkyl halides is 3. The second-order valence-electron chi connectivity index (χ2n) is 6.98. The van der Waals surface area contributed by atoms with E-state index in [9.17, 15) is 18.0 Å². The van der Waals surface area contributed by atoms with Crippen LogP contribution in [0.5, 0.6) is 5.75 Å². The van der Waals surface area contributed by atoms with Gasteiger partial charge >= 0.3 is 12.2 Å². The fourth-order valence-corrected chi connectivity index (χ4v) is 3.08. The normalized spacial score (nSPS) is 11.3. The first-order valence-electron chi connectivity index (χ1n) is 9.63. The zero-order chi connectivity index (χ0) is 22.4. The Kier molecular flexibility index (Phi) is 6.84. The number of rotatable bonds is 7. The van der Waals surface area contributed by atoms with Gasteiger partial charge in [0.2, 0.25) is 0 Å². The van der Waals surface area contributed by atoms with Crippen molar-refractivity contribution in [3.8, 4) is 11.4 Å². The van der Waals surface area contributed by atoms with Gasteiger partial charge < -0.3 is 15.4 Å². The lowest BCUT2D eigenvalue weighted by atomic mass is 10.2. The van der Waals surface area contributed by atoms with E-state index in [0.717, 1.165) is 22.6 Å². The average Bonchev–Trinajstić information content (AvgIpc) is 3.03. The van der Waals surface area contributed by atoms with Gasteiger partial charge in [-0.2, -0.15) is 18.3 Å². The summed E-state index contributed by atoms with van der Waals surface area (Å²) >= 11 is 0. The number of carbonyl (C=O) groups is 1. The first-order valence-corrected chi connectivity index (χ1v) is 9.63. The fourth-order valence-electron chi connectivity index (χ4n) is 3.08. The molecule has 2 amide bonds. The Labute approximate surface area is 178 Å². The van der Waals surface area contributed by atoms with E-state index in [1.165, 1.54) is 12.1 Å². The summed E-state index contributed by atoms with van der Waals surface area (Å²) in [5.74, 6) is 0.0941. The van der Waals surface area contributed by atoms with Gasteiger partial charge in [-0.05, 0) is 43.7 Å². The Balaban J connectivity index is 1.54. The largest absolute Gasteiger partial charge is 0.484 e. The molecule has 0 saturated heterocycles. The number of nitrogens with one attached hydrogen (secondary N) is 2. The molecule has 0 unspecified atom stereocenters. The number of amides is 2. The smallest absolute Gasteiger partial charge is 0.422 e. The maximum atomic E-state index is 12.3. The van der Waals surface area contributed by atoms with Crippen molar-refractivity contribution in [3.63, 3.8) is 0 Å². The van der Waals surface area contributed by atoms with Gasteiger partial charge in [0.25, 0.3) is 0 Å². The molecule has 0 fully saturated rings. The van der Waals surface area contributed by atoms with E-state index >= 15 is 0 Å². The molecule has 2 aromatic carbocycles. The predicted molar refractivity (Wildman–Crippen MR) is 110 cm³/mol. The Bertz CT molecular complexity index is 1030. The summed E-state index contributed by atoms with van der Waals surface area (Å²) in [6.45, 7) is 2.91. The van der Waals surface area contributed by atoms with Crippen LogP contribution in [-0.4, -0.2) is 28.6 Å². The number of aryl methyl sites for hydroxylation is 1. The molecule has 9 heteroatoms. The van der Waals surface area contributed by atoms with Crippen molar-refractivity contribution in [2.24, 2.45) is 0 Å². The molecule has 1 heterocycles. The quantitative estimate of drug-likeness (QED) is 0.581. The van der Waals surface area contributed by atoms with E-state index in [-0.39, 0.29) is 12.3 Å². The molecule has 3 aromatic rings. The van der Waals surface area contributed by atoms with E-state index in [1.54, 1.807) is 12.1 Å². The van der Waals surface area contributed by atoms with Crippen molar-refractivity contribution in [3.05, 3.63) is 77.1 Å². The summed E-state index contributed by atoms with van der Waals surface area (Å²) in [6, 6.07) is 15.5. The molecule has 0 atom stereocenters. The average molecular weight is 432 g/mol. The molecule has 164 valence electrons. The molecular weight excluding hydrogens is 409 g/mol. The number of urea groups is 1. The predicted octanol–water partition coefficient (Wildman–Crippen LogP) is 4.43. The van der Waals surface area contributed by atoms with Crippen LogP contribution in [-0.2, 0) is 13.1 Å². The lowest BCUT2D eigenvalue weighted by Crippen LogP contribution is -2.34. The number of halogens is 3. The topological polar surface area (TPSA) is 68.2 Å². The molecule has 0 aliphatic rings. The first-order chi connectivity index (χ1) is 14.7. The molecule has 0 spiro atoms. The maximum Gasteiger partial charge on any atom is 0.422 e. The zero-order valence-electron chi connectivity index (χ0n) is 17.2. The fraction of sp³-hybridized carbons (Fsp3) is 0.273. The lowest BCUT2D eigenvalue weighted by molar-refractivity contribution is -0.153. The van der Waals surface area contributed by atoms with Gasteiger partial charge in [-0.3, -0.25) is 0 Å². The number of hydrogen-bond acceptors (Lipinski definition) is 3. The van der Waals surface area contributed by atoms with Crippen LogP contribution in [0.2, 0.25) is 0 Å². The highest BCUT2D eigenvalue weighted by Crippen LogP contribution is 2.20. The van der Waals surface area contributed by atoms with E-state index in [0.29, 0.717) is 12.1 Å². The first kappa shape index (κ1) is 22.2. The summed E-state index contributed by atoms with van der Waals surface area (Å²) in [6.07, 6.45) is -4.40. The second kappa shape index (κ2) is 9.55. The van der Waals surface area contributed by atoms with Crippen LogP contribution in [0.3, 0.4) is 0 Å². The summed E-state index contributed by atoms with van der Waals surface area (Å²) in [7, 11) is 0. The summed E-state index contributed by atoms with van der Waals surface area (Å²) < 4.78 is 43.4. The molecule has 1 aromatic heterocycles. The lowest BCUT2D eigenvalue weighted by Gasteiger charge is -2.11. The van der Waals surface area contributed by atoms with Gasteiger partial charge in [0, 0.05) is 24.3 Å². The third-order valence-corrected chi connectivity index (χ3v) is 4.62. The summed E-state index contributed by atoms with van der Waals surface area (Å²) in [5, 5.41) is 10.0. The van der Waals surface area contributed by atoms with Crippen LogP contribution < -0.4 is 15.4 Å². The van der Waals surface area contributed by atoms with Crippen molar-refractivity contribution >= 4 is 6.03 Å². The monoisotopic (exact) mass is 432 g/mol. The number of benzene rings is 2. The Morgan fingerprint density at radius 1 is 1.03 bits per heavy atom. The Morgan fingerprint density at radius 2 is 1.74 bits per heavy atom. The van der Waals surface area contributed by atoms with Crippen LogP contribution >= 0.6 is 0 Å². The van der Waals surface area contributed by atoms with Gasteiger partial charge in [-0.1, -0.05) is 30.3 Å². The molecule has 6 nitrogen and oxygen atoms in total. The number of carbonyl (C=O) groups excluding carboxylic acids is 1. The molecule has 0 aliphatic carbocycles. The van der Waals surface area contributed by atoms with Gasteiger partial charge in [0.1, 0.15) is 5.75 Å².